The number of carbonyl (C=O) groups excluding carboxylic acids is 3. The van der Waals surface area contributed by atoms with Crippen LogP contribution in [0.4, 0.5) is 9.18 Å². The van der Waals surface area contributed by atoms with E-state index in [-0.39, 0.29) is 18.8 Å². The molecule has 0 saturated carbocycles. The Morgan fingerprint density at radius 2 is 1.94 bits per heavy atom. The molecule has 5 rings (SSSR count). The number of halogens is 1. The molecule has 1 spiro atoms. The van der Waals surface area contributed by atoms with Crippen LogP contribution in [-0.4, -0.2) is 35.9 Å². The van der Waals surface area contributed by atoms with Crippen molar-refractivity contribution in [2.75, 3.05) is 13.2 Å². The van der Waals surface area contributed by atoms with Crippen LogP contribution in [0.5, 0.6) is 5.75 Å². The fraction of sp³-hybridized carbons (Fsp3) is 0.208. The Bertz CT molecular complexity index is 1210. The van der Waals surface area contributed by atoms with Crippen LogP contribution in [0, 0.1) is 5.82 Å². The minimum atomic E-state index is -1.24. The molecule has 1 aromatic heterocycles. The van der Waals surface area contributed by atoms with Gasteiger partial charge in [-0.25, -0.2) is 9.18 Å². The second-order valence-electron chi connectivity index (χ2n) is 7.89. The van der Waals surface area contributed by atoms with Crippen LogP contribution in [0.3, 0.4) is 0 Å². The van der Waals surface area contributed by atoms with Gasteiger partial charge in [0.2, 0.25) is 5.91 Å². The van der Waals surface area contributed by atoms with Crippen molar-refractivity contribution >= 4 is 29.2 Å². The molecule has 2 N–H and O–H groups in total. The zero-order valence-electron chi connectivity index (χ0n) is 17.4. The first-order valence-electron chi connectivity index (χ1n) is 10.4. The van der Waals surface area contributed by atoms with Crippen molar-refractivity contribution < 1.29 is 23.5 Å². The van der Waals surface area contributed by atoms with Gasteiger partial charge in [-0.05, 0) is 35.2 Å². The van der Waals surface area contributed by atoms with Crippen molar-refractivity contribution in [3.63, 3.8) is 0 Å². The number of benzene rings is 2. The Hall–Kier alpha value is -3.72. The summed E-state index contributed by atoms with van der Waals surface area (Å²) >= 11 is 1.44. The highest BCUT2D eigenvalue weighted by Crippen LogP contribution is 2.41. The van der Waals surface area contributed by atoms with Crippen molar-refractivity contribution in [3.05, 3.63) is 87.9 Å². The number of ether oxygens (including phenoxy) is 1. The van der Waals surface area contributed by atoms with Gasteiger partial charge in [0.15, 0.2) is 5.54 Å². The molecule has 2 aliphatic rings. The van der Waals surface area contributed by atoms with Crippen LogP contribution in [0.15, 0.2) is 66.0 Å². The number of amides is 4. The second-order valence-corrected chi connectivity index (χ2v) is 8.87. The summed E-state index contributed by atoms with van der Waals surface area (Å²) in [7, 11) is 0. The highest BCUT2D eigenvalue weighted by molar-refractivity contribution is 7.10. The third kappa shape index (κ3) is 3.74. The third-order valence-electron chi connectivity index (χ3n) is 5.90. The van der Waals surface area contributed by atoms with E-state index in [4.69, 9.17) is 4.74 Å². The zero-order chi connectivity index (χ0) is 23.0. The number of nitrogens with one attached hydrogen (secondary N) is 2. The van der Waals surface area contributed by atoms with Crippen LogP contribution in [0.2, 0.25) is 0 Å². The smallest absolute Gasteiger partial charge is 0.325 e. The Morgan fingerprint density at radius 3 is 2.70 bits per heavy atom. The van der Waals surface area contributed by atoms with Gasteiger partial charge in [-0.3, -0.25) is 14.5 Å². The maximum atomic E-state index is 13.4. The van der Waals surface area contributed by atoms with Gasteiger partial charge >= 0.3 is 6.03 Å². The SMILES string of the molecule is O=C(CN1C(=O)N[C@]2(CCOc3ccccc32)C1=O)N[C@@H](c1ccc(F)cc1)c1cccs1. The first-order chi connectivity index (χ1) is 16.0. The number of nitrogens with zero attached hydrogens (tertiary/aromatic N) is 1. The lowest BCUT2D eigenvalue weighted by molar-refractivity contribution is -0.136. The van der Waals surface area contributed by atoms with Crippen molar-refractivity contribution in [2.45, 2.75) is 18.0 Å². The van der Waals surface area contributed by atoms with Gasteiger partial charge in [-0.2, -0.15) is 0 Å². The first kappa shape index (κ1) is 21.1. The molecule has 33 heavy (non-hydrogen) atoms. The number of hydrogen-bond acceptors (Lipinski definition) is 5. The quantitative estimate of drug-likeness (QED) is 0.566. The topological polar surface area (TPSA) is 87.7 Å². The highest BCUT2D eigenvalue weighted by atomic mass is 32.1. The molecule has 0 bridgehead atoms. The number of carbonyl (C=O) groups is 3. The van der Waals surface area contributed by atoms with Crippen molar-refractivity contribution in [1.29, 1.82) is 0 Å². The van der Waals surface area contributed by atoms with E-state index < -0.39 is 36.0 Å². The Labute approximate surface area is 193 Å². The number of para-hydroxylation sites is 1. The molecule has 1 fully saturated rings. The van der Waals surface area contributed by atoms with Crippen LogP contribution in [-0.2, 0) is 15.1 Å². The molecule has 168 valence electrons. The van der Waals surface area contributed by atoms with Crippen molar-refractivity contribution in [3.8, 4) is 5.75 Å². The minimum absolute atomic E-state index is 0.272. The molecule has 1 saturated heterocycles. The van der Waals surface area contributed by atoms with Crippen molar-refractivity contribution in [1.82, 2.24) is 15.5 Å². The molecule has 4 amide bonds. The molecule has 2 aliphatic heterocycles. The standard InChI is InChI=1S/C24H20FN3O4S/c25-16-9-7-15(8-10-16)21(19-6-3-13-33-19)26-20(29)14-28-22(30)24(27-23(28)31)11-12-32-18-5-2-1-4-17(18)24/h1-10,13,21H,11-12,14H2,(H,26,29)(H,27,31)/t21-,24-/m0/s1. The van der Waals surface area contributed by atoms with Gasteiger partial charge < -0.3 is 15.4 Å². The molecular formula is C24H20FN3O4S. The average molecular weight is 466 g/mol. The van der Waals surface area contributed by atoms with E-state index in [1.165, 1.54) is 23.5 Å². The van der Waals surface area contributed by atoms with E-state index in [1.807, 2.05) is 17.5 Å². The van der Waals surface area contributed by atoms with E-state index in [2.05, 4.69) is 10.6 Å². The van der Waals surface area contributed by atoms with E-state index >= 15 is 0 Å². The number of thiophene rings is 1. The van der Waals surface area contributed by atoms with E-state index in [1.54, 1.807) is 36.4 Å². The first-order valence-corrected chi connectivity index (χ1v) is 11.3. The molecule has 0 radical (unpaired) electrons. The zero-order valence-corrected chi connectivity index (χ0v) is 18.2. The summed E-state index contributed by atoms with van der Waals surface area (Å²) in [5.74, 6) is -0.819. The molecule has 3 heterocycles. The van der Waals surface area contributed by atoms with E-state index in [0.717, 1.165) is 9.78 Å². The normalized spacial score (nSPS) is 20.2. The summed E-state index contributed by atoms with van der Waals surface area (Å²) in [6.45, 7) is -0.160. The lowest BCUT2D eigenvalue weighted by atomic mass is 9.84. The lowest BCUT2D eigenvalue weighted by Gasteiger charge is -2.33. The Morgan fingerprint density at radius 1 is 1.15 bits per heavy atom. The number of hydrogen-bond donors (Lipinski definition) is 2. The highest BCUT2D eigenvalue weighted by Gasteiger charge is 2.55. The summed E-state index contributed by atoms with van der Waals surface area (Å²) in [6.07, 6.45) is 0.278. The number of fused-ring (bicyclic) bond motifs is 2. The van der Waals surface area contributed by atoms with Crippen LogP contribution in [0.1, 0.15) is 28.5 Å². The summed E-state index contributed by atoms with van der Waals surface area (Å²) in [5, 5.41) is 7.55. The molecule has 3 aromatic rings. The van der Waals surface area contributed by atoms with Gasteiger partial charge in [0.25, 0.3) is 5.91 Å². The van der Waals surface area contributed by atoms with Gasteiger partial charge in [-0.1, -0.05) is 36.4 Å². The van der Waals surface area contributed by atoms with Gasteiger partial charge in [0, 0.05) is 16.9 Å². The molecule has 2 atom stereocenters. The number of urea groups is 1. The maximum absolute atomic E-state index is 13.4. The van der Waals surface area contributed by atoms with Crippen LogP contribution >= 0.6 is 11.3 Å². The molecule has 0 aliphatic carbocycles. The maximum Gasteiger partial charge on any atom is 0.325 e. The Kier molecular flexibility index (Phi) is 5.33. The van der Waals surface area contributed by atoms with Gasteiger partial charge in [0.1, 0.15) is 18.1 Å². The largest absolute Gasteiger partial charge is 0.493 e. The lowest BCUT2D eigenvalue weighted by Crippen LogP contribution is -2.48. The van der Waals surface area contributed by atoms with E-state index in [0.29, 0.717) is 16.9 Å². The summed E-state index contributed by atoms with van der Waals surface area (Å²) in [5.41, 5.74) is 0.0376. The van der Waals surface area contributed by atoms with Gasteiger partial charge in [-0.15, -0.1) is 11.3 Å². The monoisotopic (exact) mass is 465 g/mol. The predicted octanol–water partition coefficient (Wildman–Crippen LogP) is 3.32. The summed E-state index contributed by atoms with van der Waals surface area (Å²) in [4.78, 5) is 40.9. The molecule has 9 heteroatoms. The number of rotatable bonds is 5. The van der Waals surface area contributed by atoms with Crippen LogP contribution < -0.4 is 15.4 Å². The Balaban J connectivity index is 1.37. The minimum Gasteiger partial charge on any atom is -0.493 e. The van der Waals surface area contributed by atoms with E-state index in [9.17, 15) is 18.8 Å². The summed E-state index contributed by atoms with van der Waals surface area (Å²) in [6, 6.07) is 15.5. The molecule has 2 aromatic carbocycles. The van der Waals surface area contributed by atoms with Crippen molar-refractivity contribution in [2.24, 2.45) is 0 Å². The average Bonchev–Trinajstić information content (AvgIpc) is 3.43. The molecule has 7 nitrogen and oxygen atoms in total. The third-order valence-corrected chi connectivity index (χ3v) is 6.83. The van der Waals surface area contributed by atoms with Gasteiger partial charge in [0.05, 0.1) is 12.6 Å². The van der Waals surface area contributed by atoms with Crippen LogP contribution in [0.25, 0.3) is 0 Å². The summed E-state index contributed by atoms with van der Waals surface area (Å²) < 4.78 is 19.0. The fourth-order valence-corrected chi connectivity index (χ4v) is 5.10. The predicted molar refractivity (Wildman–Crippen MR) is 119 cm³/mol. The fourth-order valence-electron chi connectivity index (χ4n) is 4.30. The molecule has 0 unspecified atom stereocenters. The molecular weight excluding hydrogens is 445 g/mol. The second kappa shape index (κ2) is 8.32. The number of imide groups is 1.